The van der Waals surface area contributed by atoms with E-state index in [0.29, 0.717) is 17.2 Å². The van der Waals surface area contributed by atoms with Crippen molar-refractivity contribution in [3.63, 3.8) is 0 Å². The van der Waals surface area contributed by atoms with E-state index in [1.54, 1.807) is 23.1 Å². The SMILES string of the molecule is C=C1[C@@H](c2ccc(N(C)S(C)(=O)=O)cc2)[C@@](C)(c2cccc(C#N)c2)N=C(N)N1C. The monoisotopic (exact) mass is 423 g/mol. The van der Waals surface area contributed by atoms with Crippen molar-refractivity contribution in [1.82, 2.24) is 4.90 Å². The van der Waals surface area contributed by atoms with E-state index in [-0.39, 0.29) is 5.92 Å². The van der Waals surface area contributed by atoms with Crippen LogP contribution in [0.1, 0.15) is 29.5 Å². The first-order chi connectivity index (χ1) is 14.0. The summed E-state index contributed by atoms with van der Waals surface area (Å²) in [7, 11) is -0.0306. The summed E-state index contributed by atoms with van der Waals surface area (Å²) in [5.41, 5.74) is 9.02. The fraction of sp³-hybridized carbons (Fsp3) is 0.273. The molecule has 7 nitrogen and oxygen atoms in total. The molecular weight excluding hydrogens is 398 g/mol. The van der Waals surface area contributed by atoms with E-state index in [1.165, 1.54) is 11.4 Å². The van der Waals surface area contributed by atoms with Gasteiger partial charge in [0.2, 0.25) is 10.0 Å². The van der Waals surface area contributed by atoms with Gasteiger partial charge in [0, 0.05) is 19.8 Å². The number of nitriles is 1. The fourth-order valence-corrected chi connectivity index (χ4v) is 4.27. The highest BCUT2D eigenvalue weighted by atomic mass is 32.2. The summed E-state index contributed by atoms with van der Waals surface area (Å²) in [5, 5.41) is 9.33. The zero-order valence-corrected chi connectivity index (χ0v) is 18.3. The molecule has 1 aliphatic heterocycles. The van der Waals surface area contributed by atoms with Crippen molar-refractivity contribution in [2.45, 2.75) is 18.4 Å². The van der Waals surface area contributed by atoms with Gasteiger partial charge in [-0.05, 0) is 42.3 Å². The Kier molecular flexibility index (Phi) is 5.35. The number of hydrogen-bond acceptors (Lipinski definition) is 6. The van der Waals surface area contributed by atoms with Gasteiger partial charge in [0.25, 0.3) is 0 Å². The molecule has 0 amide bonds. The lowest BCUT2D eigenvalue weighted by Crippen LogP contribution is -2.47. The Morgan fingerprint density at radius 2 is 1.90 bits per heavy atom. The summed E-state index contributed by atoms with van der Waals surface area (Å²) in [6, 6.07) is 16.8. The van der Waals surface area contributed by atoms with Crippen LogP contribution in [0.3, 0.4) is 0 Å². The minimum atomic E-state index is -3.36. The first-order valence-electron chi connectivity index (χ1n) is 9.31. The van der Waals surface area contributed by atoms with Crippen molar-refractivity contribution >= 4 is 21.7 Å². The normalized spacial score (nSPS) is 21.7. The lowest BCUT2D eigenvalue weighted by Gasteiger charge is -2.44. The summed E-state index contributed by atoms with van der Waals surface area (Å²) < 4.78 is 24.9. The van der Waals surface area contributed by atoms with Gasteiger partial charge >= 0.3 is 0 Å². The Bertz CT molecular complexity index is 1160. The second-order valence-corrected chi connectivity index (χ2v) is 9.63. The summed E-state index contributed by atoms with van der Waals surface area (Å²) >= 11 is 0. The van der Waals surface area contributed by atoms with E-state index < -0.39 is 15.6 Å². The topological polar surface area (TPSA) is 103 Å². The highest BCUT2D eigenvalue weighted by Gasteiger charge is 2.44. The Labute approximate surface area is 177 Å². The van der Waals surface area contributed by atoms with Crippen molar-refractivity contribution in [2.75, 3.05) is 24.7 Å². The number of aliphatic imine (C=N–C) groups is 1. The average Bonchev–Trinajstić information content (AvgIpc) is 2.71. The predicted octanol–water partition coefficient (Wildman–Crippen LogP) is 2.73. The number of sulfonamides is 1. The third-order valence-electron chi connectivity index (χ3n) is 5.68. The highest BCUT2D eigenvalue weighted by molar-refractivity contribution is 7.92. The fourth-order valence-electron chi connectivity index (χ4n) is 3.76. The third kappa shape index (κ3) is 3.64. The first-order valence-corrected chi connectivity index (χ1v) is 11.2. The van der Waals surface area contributed by atoms with Crippen LogP contribution in [0.2, 0.25) is 0 Å². The molecule has 3 rings (SSSR count). The van der Waals surface area contributed by atoms with Crippen molar-refractivity contribution < 1.29 is 8.42 Å². The van der Waals surface area contributed by atoms with Crippen molar-refractivity contribution in [3.05, 3.63) is 77.5 Å². The predicted molar refractivity (Wildman–Crippen MR) is 119 cm³/mol. The van der Waals surface area contributed by atoms with Gasteiger partial charge in [0.05, 0.1) is 35.0 Å². The molecule has 0 spiro atoms. The molecule has 1 heterocycles. The molecule has 156 valence electrons. The molecule has 2 aromatic rings. The second-order valence-electron chi connectivity index (χ2n) is 7.62. The van der Waals surface area contributed by atoms with Crippen LogP contribution in [0.25, 0.3) is 0 Å². The smallest absolute Gasteiger partial charge is 0.231 e. The molecule has 1 aliphatic rings. The van der Waals surface area contributed by atoms with Crippen LogP contribution < -0.4 is 10.0 Å². The van der Waals surface area contributed by atoms with Crippen LogP contribution in [-0.4, -0.2) is 39.6 Å². The van der Waals surface area contributed by atoms with Gasteiger partial charge in [-0.1, -0.05) is 30.8 Å². The van der Waals surface area contributed by atoms with Gasteiger partial charge in [0.15, 0.2) is 5.96 Å². The van der Waals surface area contributed by atoms with Gasteiger partial charge in [-0.3, -0.25) is 4.31 Å². The molecule has 0 fully saturated rings. The molecule has 2 N–H and O–H groups in total. The molecule has 8 heteroatoms. The maximum absolute atomic E-state index is 11.8. The molecule has 0 unspecified atom stereocenters. The number of nitrogens with zero attached hydrogens (tertiary/aromatic N) is 4. The number of benzene rings is 2. The van der Waals surface area contributed by atoms with Crippen LogP contribution >= 0.6 is 0 Å². The Morgan fingerprint density at radius 1 is 1.27 bits per heavy atom. The molecule has 0 radical (unpaired) electrons. The van der Waals surface area contributed by atoms with Crippen LogP contribution in [0, 0.1) is 11.3 Å². The Morgan fingerprint density at radius 3 is 2.47 bits per heavy atom. The molecule has 0 aromatic heterocycles. The summed E-state index contributed by atoms with van der Waals surface area (Å²) in [5.74, 6) is 0.0795. The molecule has 2 atom stereocenters. The number of anilines is 1. The van der Waals surface area contributed by atoms with Crippen molar-refractivity contribution in [2.24, 2.45) is 10.7 Å². The maximum Gasteiger partial charge on any atom is 0.231 e. The zero-order valence-electron chi connectivity index (χ0n) is 17.5. The average molecular weight is 424 g/mol. The number of likely N-dealkylation sites (N-methyl/N-ethyl adjacent to an activating group) is 1. The lowest BCUT2D eigenvalue weighted by atomic mass is 9.73. The van der Waals surface area contributed by atoms with Crippen LogP contribution in [0.5, 0.6) is 0 Å². The van der Waals surface area contributed by atoms with E-state index in [9.17, 15) is 13.7 Å². The second kappa shape index (κ2) is 7.50. The third-order valence-corrected chi connectivity index (χ3v) is 6.89. The van der Waals surface area contributed by atoms with Gasteiger partial charge in [-0.25, -0.2) is 13.4 Å². The maximum atomic E-state index is 11.8. The van der Waals surface area contributed by atoms with E-state index in [0.717, 1.165) is 23.1 Å². The largest absolute Gasteiger partial charge is 0.370 e. The summed E-state index contributed by atoms with van der Waals surface area (Å²) in [4.78, 5) is 6.54. The highest BCUT2D eigenvalue weighted by Crippen LogP contribution is 2.47. The van der Waals surface area contributed by atoms with E-state index in [2.05, 4.69) is 12.6 Å². The zero-order chi connectivity index (χ0) is 22.3. The molecule has 2 aromatic carbocycles. The molecule has 0 saturated carbocycles. The Balaban J connectivity index is 2.15. The molecule has 0 aliphatic carbocycles. The quantitative estimate of drug-likeness (QED) is 0.814. The van der Waals surface area contributed by atoms with Gasteiger partial charge in [-0.2, -0.15) is 5.26 Å². The van der Waals surface area contributed by atoms with Crippen molar-refractivity contribution in [1.29, 1.82) is 5.26 Å². The lowest BCUT2D eigenvalue weighted by molar-refractivity contribution is 0.350. The Hall–Kier alpha value is -3.31. The van der Waals surface area contributed by atoms with Crippen LogP contribution in [-0.2, 0) is 15.6 Å². The van der Waals surface area contributed by atoms with Gasteiger partial charge in [0.1, 0.15) is 0 Å². The molecule has 30 heavy (non-hydrogen) atoms. The minimum Gasteiger partial charge on any atom is -0.370 e. The standard InChI is InChI=1S/C22H25N5O2S/c1-15-20(17-9-11-19(12-10-17)27(4)30(5,28)29)22(2,25-21(24)26(15)3)18-8-6-7-16(13-18)14-23/h6-13,20H,1H2,2-5H3,(H2,24,25)/t20-,22+/m0/s1. The van der Waals surface area contributed by atoms with Crippen molar-refractivity contribution in [3.8, 4) is 6.07 Å². The van der Waals surface area contributed by atoms with E-state index in [4.69, 9.17) is 10.7 Å². The summed E-state index contributed by atoms with van der Waals surface area (Å²) in [6.45, 7) is 6.23. The molecule has 0 bridgehead atoms. The van der Waals surface area contributed by atoms with E-state index >= 15 is 0 Å². The molecule has 0 saturated heterocycles. The number of rotatable bonds is 4. The first kappa shape index (κ1) is 21.4. The van der Waals surface area contributed by atoms with Gasteiger partial charge < -0.3 is 10.6 Å². The number of guanidine groups is 1. The van der Waals surface area contributed by atoms with Crippen LogP contribution in [0.15, 0.2) is 65.8 Å². The van der Waals surface area contributed by atoms with E-state index in [1.807, 2.05) is 44.3 Å². The molecular formula is C22H25N5O2S. The van der Waals surface area contributed by atoms with Crippen LogP contribution in [0.4, 0.5) is 5.69 Å². The number of nitrogens with two attached hydrogens (primary N) is 1. The summed E-state index contributed by atoms with van der Waals surface area (Å²) in [6.07, 6.45) is 1.16. The number of hydrogen-bond donors (Lipinski definition) is 1. The van der Waals surface area contributed by atoms with Gasteiger partial charge in [-0.15, -0.1) is 0 Å². The minimum absolute atomic E-state index is 0.263.